The molecule has 0 aliphatic rings. The number of hydrogen-bond acceptors (Lipinski definition) is 6. The van der Waals surface area contributed by atoms with Crippen LogP contribution in [0.1, 0.15) is 17.0 Å². The van der Waals surface area contributed by atoms with Crippen LogP contribution < -0.4 is 10.1 Å². The molecule has 0 unspecified atom stereocenters. The average Bonchev–Trinajstić information content (AvgIpc) is 3.05. The van der Waals surface area contributed by atoms with Gasteiger partial charge in [-0.25, -0.2) is 0 Å². The largest absolute Gasteiger partial charge is 0.508 e. The molecule has 0 radical (unpaired) electrons. The van der Waals surface area contributed by atoms with E-state index in [4.69, 9.17) is 4.74 Å². The number of aryl methyl sites for hydroxylation is 1. The Morgan fingerprint density at radius 2 is 1.91 bits per heavy atom. The Kier molecular flexibility index (Phi) is 6.26. The predicted octanol–water partition coefficient (Wildman–Crippen LogP) is 4.26. The molecule has 2 aromatic carbocycles. The zero-order valence-corrected chi connectivity index (χ0v) is 17.6. The van der Waals surface area contributed by atoms with Crippen molar-refractivity contribution in [2.24, 2.45) is 0 Å². The van der Waals surface area contributed by atoms with Crippen LogP contribution in [0.25, 0.3) is 11.8 Å². The molecule has 0 atom stereocenters. The topological polar surface area (TPSA) is 130 Å². The third-order valence-corrected chi connectivity index (χ3v) is 4.88. The summed E-state index contributed by atoms with van der Waals surface area (Å²) in [6.45, 7) is 3.65. The maximum atomic E-state index is 12.6. The van der Waals surface area contributed by atoms with Gasteiger partial charge in [0.1, 0.15) is 23.1 Å². The number of carbonyl (C=O) groups excluding carboxylic acids is 1. The van der Waals surface area contributed by atoms with Gasteiger partial charge in [0.05, 0.1) is 23.8 Å². The Morgan fingerprint density at radius 3 is 2.50 bits per heavy atom. The molecule has 1 heterocycles. The highest BCUT2D eigenvalue weighted by Crippen LogP contribution is 2.32. The summed E-state index contributed by atoms with van der Waals surface area (Å²) >= 11 is 0. The second kappa shape index (κ2) is 9.06. The van der Waals surface area contributed by atoms with Gasteiger partial charge in [0, 0.05) is 23.1 Å². The van der Waals surface area contributed by atoms with E-state index in [1.165, 1.54) is 49.6 Å². The van der Waals surface area contributed by atoms with Crippen LogP contribution in [0.3, 0.4) is 0 Å². The number of aromatic hydroxyl groups is 1. The number of non-ortho nitro benzene ring substituents is 1. The third kappa shape index (κ3) is 4.44. The number of nitriles is 1. The van der Waals surface area contributed by atoms with Crippen molar-refractivity contribution in [3.05, 3.63) is 81.2 Å². The summed E-state index contributed by atoms with van der Waals surface area (Å²) in [6.07, 6.45) is 1.48. The lowest BCUT2D eigenvalue weighted by molar-refractivity contribution is -0.384. The molecule has 0 spiro atoms. The number of phenols is 1. The van der Waals surface area contributed by atoms with Crippen LogP contribution in [-0.4, -0.2) is 27.6 Å². The van der Waals surface area contributed by atoms with Crippen LogP contribution in [0.5, 0.6) is 11.5 Å². The lowest BCUT2D eigenvalue weighted by Gasteiger charge is -2.13. The molecule has 0 fully saturated rings. The van der Waals surface area contributed by atoms with E-state index >= 15 is 0 Å². The predicted molar refractivity (Wildman–Crippen MR) is 119 cm³/mol. The molecule has 2 N–H and O–H groups in total. The Morgan fingerprint density at radius 1 is 1.22 bits per heavy atom. The molecule has 0 saturated carbocycles. The minimum absolute atomic E-state index is 0.0631. The Hall–Kier alpha value is -4.58. The number of nitro groups is 1. The molecule has 1 amide bonds. The monoisotopic (exact) mass is 432 g/mol. The summed E-state index contributed by atoms with van der Waals surface area (Å²) in [6, 6.07) is 13.9. The summed E-state index contributed by atoms with van der Waals surface area (Å²) in [5.74, 6) is -0.203. The summed E-state index contributed by atoms with van der Waals surface area (Å²) < 4.78 is 7.18. The molecule has 0 saturated heterocycles. The van der Waals surface area contributed by atoms with Crippen LogP contribution in [-0.2, 0) is 4.79 Å². The number of benzene rings is 2. The maximum Gasteiger partial charge on any atom is 0.273 e. The van der Waals surface area contributed by atoms with Crippen LogP contribution in [0.4, 0.5) is 11.4 Å². The number of carbonyl (C=O) groups is 1. The van der Waals surface area contributed by atoms with E-state index in [1.54, 1.807) is 12.1 Å². The molecule has 0 bridgehead atoms. The quantitative estimate of drug-likeness (QED) is 0.197. The van der Waals surface area contributed by atoms with Gasteiger partial charge in [-0.15, -0.1) is 0 Å². The highest BCUT2D eigenvalue weighted by Gasteiger charge is 2.18. The number of rotatable bonds is 6. The number of phenolic OH excluding ortho intramolecular Hbond substituents is 1. The number of aromatic nitrogens is 1. The summed E-state index contributed by atoms with van der Waals surface area (Å²) in [5, 5.41) is 32.6. The number of anilines is 1. The van der Waals surface area contributed by atoms with Gasteiger partial charge in [-0.2, -0.15) is 5.26 Å². The van der Waals surface area contributed by atoms with E-state index in [9.17, 15) is 25.3 Å². The Labute approximate surface area is 183 Å². The SMILES string of the molecule is COc1cc([N+](=O)[O-])ccc1-n1c(C)cc(/C=C(/C#N)C(=O)Nc2ccc(O)cc2)c1C. The molecule has 162 valence electrons. The Balaban J connectivity index is 1.98. The van der Waals surface area contributed by atoms with Gasteiger partial charge in [-0.05, 0) is 61.9 Å². The van der Waals surface area contributed by atoms with Crippen molar-refractivity contribution in [1.82, 2.24) is 4.57 Å². The zero-order chi connectivity index (χ0) is 23.4. The molecule has 0 aliphatic heterocycles. The maximum absolute atomic E-state index is 12.6. The molecule has 0 aliphatic carbocycles. The second-order valence-corrected chi connectivity index (χ2v) is 6.95. The van der Waals surface area contributed by atoms with Crippen molar-refractivity contribution >= 4 is 23.4 Å². The first kappa shape index (κ1) is 22.1. The van der Waals surface area contributed by atoms with E-state index in [0.717, 1.165) is 11.4 Å². The van der Waals surface area contributed by atoms with E-state index in [-0.39, 0.29) is 17.0 Å². The number of nitro benzene ring substituents is 1. The first-order valence-corrected chi connectivity index (χ1v) is 9.49. The van der Waals surface area contributed by atoms with E-state index in [0.29, 0.717) is 22.7 Å². The number of ether oxygens (including phenoxy) is 1. The molecule has 9 heteroatoms. The van der Waals surface area contributed by atoms with Crippen molar-refractivity contribution in [1.29, 1.82) is 5.26 Å². The van der Waals surface area contributed by atoms with Gasteiger partial charge in [0.25, 0.3) is 11.6 Å². The number of nitrogens with one attached hydrogen (secondary N) is 1. The van der Waals surface area contributed by atoms with Crippen LogP contribution in [0.2, 0.25) is 0 Å². The molecular weight excluding hydrogens is 412 g/mol. The number of amides is 1. The van der Waals surface area contributed by atoms with Crippen molar-refractivity contribution in [3.63, 3.8) is 0 Å². The molecule has 1 aromatic heterocycles. The van der Waals surface area contributed by atoms with Gasteiger partial charge < -0.3 is 19.7 Å². The van der Waals surface area contributed by atoms with Gasteiger partial charge in [-0.3, -0.25) is 14.9 Å². The normalized spacial score (nSPS) is 11.0. The van der Waals surface area contributed by atoms with E-state index < -0.39 is 10.8 Å². The van der Waals surface area contributed by atoms with E-state index in [1.807, 2.05) is 24.5 Å². The molecule has 3 rings (SSSR count). The summed E-state index contributed by atoms with van der Waals surface area (Å²) in [7, 11) is 1.43. The van der Waals surface area contributed by atoms with Gasteiger partial charge in [0.15, 0.2) is 0 Å². The summed E-state index contributed by atoms with van der Waals surface area (Å²) in [4.78, 5) is 23.1. The van der Waals surface area contributed by atoms with Crippen LogP contribution in [0.15, 0.2) is 54.1 Å². The number of hydrogen-bond donors (Lipinski definition) is 2. The minimum atomic E-state index is -0.587. The smallest absolute Gasteiger partial charge is 0.273 e. The van der Waals surface area contributed by atoms with Crippen molar-refractivity contribution in [3.8, 4) is 23.3 Å². The van der Waals surface area contributed by atoms with Gasteiger partial charge in [-0.1, -0.05) is 0 Å². The number of nitrogens with zero attached hydrogens (tertiary/aromatic N) is 3. The first-order valence-electron chi connectivity index (χ1n) is 9.49. The first-order chi connectivity index (χ1) is 15.2. The lowest BCUT2D eigenvalue weighted by Crippen LogP contribution is -2.13. The second-order valence-electron chi connectivity index (χ2n) is 6.95. The Bertz CT molecular complexity index is 1270. The van der Waals surface area contributed by atoms with Crippen LogP contribution >= 0.6 is 0 Å². The third-order valence-electron chi connectivity index (χ3n) is 4.88. The fourth-order valence-electron chi connectivity index (χ4n) is 3.32. The highest BCUT2D eigenvalue weighted by atomic mass is 16.6. The molecule has 32 heavy (non-hydrogen) atoms. The lowest BCUT2D eigenvalue weighted by atomic mass is 10.1. The average molecular weight is 432 g/mol. The fraction of sp³-hybridized carbons (Fsp3) is 0.130. The molecule has 9 nitrogen and oxygen atoms in total. The minimum Gasteiger partial charge on any atom is -0.508 e. The van der Waals surface area contributed by atoms with Crippen molar-refractivity contribution < 1.29 is 19.6 Å². The zero-order valence-electron chi connectivity index (χ0n) is 17.6. The highest BCUT2D eigenvalue weighted by molar-refractivity contribution is 6.09. The van der Waals surface area contributed by atoms with Gasteiger partial charge in [0.2, 0.25) is 0 Å². The fourth-order valence-corrected chi connectivity index (χ4v) is 3.32. The summed E-state index contributed by atoms with van der Waals surface area (Å²) in [5.41, 5.74) is 2.99. The van der Waals surface area contributed by atoms with Gasteiger partial charge >= 0.3 is 0 Å². The number of methoxy groups -OCH3 is 1. The standard InChI is InChI=1S/C23H20N4O5/c1-14-10-16(11-17(13-24)23(29)25-18-4-7-20(28)8-5-18)15(2)26(14)21-9-6-19(27(30)31)12-22(21)32-3/h4-12,28H,1-3H3,(H,25,29)/b17-11-. The van der Waals surface area contributed by atoms with E-state index in [2.05, 4.69) is 5.32 Å². The van der Waals surface area contributed by atoms with Crippen LogP contribution in [0, 0.1) is 35.3 Å². The molecular formula is C23H20N4O5. The molecule has 3 aromatic rings. The van der Waals surface area contributed by atoms with Crippen molar-refractivity contribution in [2.75, 3.05) is 12.4 Å². The van der Waals surface area contributed by atoms with Crippen molar-refractivity contribution in [2.45, 2.75) is 13.8 Å².